The number of rotatable bonds is 7. The number of hydrogen-bond acceptors (Lipinski definition) is 5. The molecule has 2 rings (SSSR count). The van der Waals surface area contributed by atoms with Gasteiger partial charge >= 0.3 is 0 Å². The lowest BCUT2D eigenvalue weighted by molar-refractivity contribution is 0.199. The van der Waals surface area contributed by atoms with Gasteiger partial charge in [0.2, 0.25) is 0 Å². The summed E-state index contributed by atoms with van der Waals surface area (Å²) in [5.41, 5.74) is 0.911. The fraction of sp³-hybridized carbons (Fsp3) is 0.500. The summed E-state index contributed by atoms with van der Waals surface area (Å²) in [4.78, 5) is 0. The van der Waals surface area contributed by atoms with Crippen molar-refractivity contribution in [1.82, 2.24) is 20.3 Å². The highest BCUT2D eigenvalue weighted by molar-refractivity contribution is 5.06. The molecule has 2 aromatic heterocycles. The first-order valence-electron chi connectivity index (χ1n) is 5.92. The second kappa shape index (κ2) is 6.32. The van der Waals surface area contributed by atoms with E-state index in [1.807, 2.05) is 25.3 Å². The van der Waals surface area contributed by atoms with Crippen LogP contribution in [0.4, 0.5) is 0 Å². The third-order valence-corrected chi connectivity index (χ3v) is 2.49. The molecule has 0 spiro atoms. The Morgan fingerprint density at radius 1 is 1.44 bits per heavy atom. The van der Waals surface area contributed by atoms with Crippen molar-refractivity contribution in [3.05, 3.63) is 35.5 Å². The molecule has 6 nitrogen and oxygen atoms in total. The second-order valence-corrected chi connectivity index (χ2v) is 4.09. The fourth-order valence-electron chi connectivity index (χ4n) is 1.62. The van der Waals surface area contributed by atoms with E-state index >= 15 is 0 Å². The van der Waals surface area contributed by atoms with E-state index in [0.29, 0.717) is 19.7 Å². The number of furan rings is 1. The molecule has 0 fully saturated rings. The van der Waals surface area contributed by atoms with Crippen LogP contribution in [-0.4, -0.2) is 35.3 Å². The van der Waals surface area contributed by atoms with Crippen LogP contribution in [0.2, 0.25) is 0 Å². The minimum Gasteiger partial charge on any atom is -0.464 e. The second-order valence-electron chi connectivity index (χ2n) is 4.09. The van der Waals surface area contributed by atoms with E-state index in [1.54, 1.807) is 11.8 Å². The van der Waals surface area contributed by atoms with Crippen LogP contribution in [0.1, 0.15) is 17.2 Å². The van der Waals surface area contributed by atoms with Crippen molar-refractivity contribution in [1.29, 1.82) is 0 Å². The number of aryl methyl sites for hydroxylation is 1. The zero-order chi connectivity index (χ0) is 12.8. The lowest BCUT2D eigenvalue weighted by Crippen LogP contribution is -2.18. The summed E-state index contributed by atoms with van der Waals surface area (Å²) in [6.45, 7) is 4.73. The van der Waals surface area contributed by atoms with Gasteiger partial charge in [-0.1, -0.05) is 5.21 Å². The molecule has 0 unspecified atom stereocenters. The van der Waals surface area contributed by atoms with Gasteiger partial charge in [-0.3, -0.25) is 0 Å². The third kappa shape index (κ3) is 3.68. The highest BCUT2D eigenvalue weighted by Crippen LogP contribution is 2.07. The summed E-state index contributed by atoms with van der Waals surface area (Å²) in [6, 6.07) is 3.90. The van der Waals surface area contributed by atoms with Crippen molar-refractivity contribution >= 4 is 0 Å². The minimum atomic E-state index is 0.610. The van der Waals surface area contributed by atoms with Crippen molar-refractivity contribution in [3.8, 4) is 0 Å². The summed E-state index contributed by atoms with van der Waals surface area (Å²) >= 11 is 0. The summed E-state index contributed by atoms with van der Waals surface area (Å²) in [6.07, 6.45) is 1.91. The number of ether oxygens (including phenoxy) is 1. The number of nitrogens with one attached hydrogen (secondary N) is 1. The van der Waals surface area contributed by atoms with E-state index in [-0.39, 0.29) is 0 Å². The molecule has 2 aromatic rings. The van der Waals surface area contributed by atoms with Gasteiger partial charge < -0.3 is 14.5 Å². The summed E-state index contributed by atoms with van der Waals surface area (Å²) in [5, 5.41) is 11.4. The van der Waals surface area contributed by atoms with Gasteiger partial charge in [-0.25, -0.2) is 4.68 Å². The molecule has 18 heavy (non-hydrogen) atoms. The average molecular weight is 250 g/mol. The van der Waals surface area contributed by atoms with E-state index in [0.717, 1.165) is 23.8 Å². The first-order chi connectivity index (χ1) is 8.78. The molecule has 0 aliphatic heterocycles. The maximum atomic E-state index is 5.49. The Morgan fingerprint density at radius 3 is 3.06 bits per heavy atom. The first kappa shape index (κ1) is 12.8. The normalized spacial score (nSPS) is 11.0. The molecule has 1 N–H and O–H groups in total. The van der Waals surface area contributed by atoms with Crippen molar-refractivity contribution in [2.45, 2.75) is 20.0 Å². The lowest BCUT2D eigenvalue weighted by atomic mass is 10.4. The molecule has 0 saturated heterocycles. The molecule has 0 saturated carbocycles. The zero-order valence-electron chi connectivity index (χ0n) is 10.7. The Balaban J connectivity index is 1.82. The van der Waals surface area contributed by atoms with Gasteiger partial charge in [0, 0.05) is 20.2 Å². The van der Waals surface area contributed by atoms with Gasteiger partial charge in [-0.15, -0.1) is 5.10 Å². The molecule has 0 bridgehead atoms. The van der Waals surface area contributed by atoms with Crippen molar-refractivity contribution in [2.75, 3.05) is 20.3 Å². The highest BCUT2D eigenvalue weighted by atomic mass is 16.5. The van der Waals surface area contributed by atoms with Gasteiger partial charge in [0.25, 0.3) is 0 Å². The van der Waals surface area contributed by atoms with Crippen molar-refractivity contribution < 1.29 is 9.15 Å². The average Bonchev–Trinajstić information content (AvgIpc) is 2.95. The Bertz CT molecular complexity index is 478. The molecule has 0 amide bonds. The number of methoxy groups -OCH3 is 1. The topological polar surface area (TPSA) is 65.1 Å². The van der Waals surface area contributed by atoms with Crippen LogP contribution in [0.15, 0.2) is 22.7 Å². The summed E-state index contributed by atoms with van der Waals surface area (Å²) < 4.78 is 12.2. The monoisotopic (exact) mass is 250 g/mol. The minimum absolute atomic E-state index is 0.610. The van der Waals surface area contributed by atoms with Gasteiger partial charge in [0.15, 0.2) is 0 Å². The van der Waals surface area contributed by atoms with Crippen LogP contribution < -0.4 is 5.32 Å². The van der Waals surface area contributed by atoms with E-state index in [9.17, 15) is 0 Å². The van der Waals surface area contributed by atoms with E-state index < -0.39 is 0 Å². The van der Waals surface area contributed by atoms with E-state index in [2.05, 4.69) is 15.6 Å². The molecule has 0 radical (unpaired) electrons. The zero-order valence-corrected chi connectivity index (χ0v) is 10.7. The number of aromatic nitrogens is 3. The summed E-state index contributed by atoms with van der Waals surface area (Å²) in [7, 11) is 1.68. The maximum absolute atomic E-state index is 5.49. The Morgan fingerprint density at radius 2 is 2.33 bits per heavy atom. The standard InChI is InChI=1S/C12H18N4O2/c1-10-3-4-12(18-10)9-16-8-11(14-15-16)7-13-5-6-17-2/h3-4,8,13H,5-7,9H2,1-2H3. The van der Waals surface area contributed by atoms with Crippen LogP contribution >= 0.6 is 0 Å². The quantitative estimate of drug-likeness (QED) is 0.742. The summed E-state index contributed by atoms with van der Waals surface area (Å²) in [5.74, 6) is 1.79. The van der Waals surface area contributed by atoms with Crippen molar-refractivity contribution in [3.63, 3.8) is 0 Å². The largest absolute Gasteiger partial charge is 0.464 e. The smallest absolute Gasteiger partial charge is 0.125 e. The molecule has 6 heteroatoms. The Kier molecular flexibility index (Phi) is 4.49. The van der Waals surface area contributed by atoms with Crippen LogP contribution in [0.25, 0.3) is 0 Å². The fourth-order valence-corrected chi connectivity index (χ4v) is 1.62. The first-order valence-corrected chi connectivity index (χ1v) is 5.92. The number of nitrogens with zero attached hydrogens (tertiary/aromatic N) is 3. The molecular weight excluding hydrogens is 232 g/mol. The molecule has 0 atom stereocenters. The van der Waals surface area contributed by atoms with Crippen LogP contribution in [-0.2, 0) is 17.8 Å². The molecule has 0 aliphatic carbocycles. The van der Waals surface area contributed by atoms with Crippen LogP contribution in [0.3, 0.4) is 0 Å². The van der Waals surface area contributed by atoms with Crippen LogP contribution in [0, 0.1) is 6.92 Å². The highest BCUT2D eigenvalue weighted by Gasteiger charge is 2.03. The molecule has 98 valence electrons. The predicted octanol–water partition coefficient (Wildman–Crippen LogP) is 0.964. The Hall–Kier alpha value is -1.66. The SMILES string of the molecule is COCCNCc1cn(Cc2ccc(C)o2)nn1. The molecular formula is C12H18N4O2. The van der Waals surface area contributed by atoms with Crippen molar-refractivity contribution in [2.24, 2.45) is 0 Å². The van der Waals surface area contributed by atoms with Crippen LogP contribution in [0.5, 0.6) is 0 Å². The predicted molar refractivity (Wildman–Crippen MR) is 66.2 cm³/mol. The maximum Gasteiger partial charge on any atom is 0.125 e. The van der Waals surface area contributed by atoms with Gasteiger partial charge in [0.1, 0.15) is 18.1 Å². The lowest BCUT2D eigenvalue weighted by Gasteiger charge is -1.99. The molecule has 0 aromatic carbocycles. The van der Waals surface area contributed by atoms with Gasteiger partial charge in [-0.05, 0) is 19.1 Å². The molecule has 2 heterocycles. The van der Waals surface area contributed by atoms with Gasteiger partial charge in [0.05, 0.1) is 18.5 Å². The number of hydrogen-bond donors (Lipinski definition) is 1. The Labute approximate surface area is 106 Å². The third-order valence-electron chi connectivity index (χ3n) is 2.49. The molecule has 0 aliphatic rings. The van der Waals surface area contributed by atoms with E-state index in [1.165, 1.54) is 0 Å². The van der Waals surface area contributed by atoms with E-state index in [4.69, 9.17) is 9.15 Å². The van der Waals surface area contributed by atoms with Gasteiger partial charge in [-0.2, -0.15) is 0 Å².